The van der Waals surface area contributed by atoms with Crippen LogP contribution in [0.15, 0.2) is 22.7 Å². The summed E-state index contributed by atoms with van der Waals surface area (Å²) in [5.41, 5.74) is 1.02. The fraction of sp³-hybridized carbons (Fsp3) is 0.385. The number of carbonyl (C=O) groups excluding carboxylic acids is 2. The van der Waals surface area contributed by atoms with E-state index in [1.807, 2.05) is 18.2 Å². The van der Waals surface area contributed by atoms with Gasteiger partial charge in [-0.1, -0.05) is 6.07 Å². The molecule has 104 valence electrons. The van der Waals surface area contributed by atoms with Gasteiger partial charge in [-0.05, 0) is 47.0 Å². The molecule has 1 rings (SSSR count). The van der Waals surface area contributed by atoms with Crippen LogP contribution in [0.4, 0.5) is 0 Å². The van der Waals surface area contributed by atoms with Gasteiger partial charge in [-0.2, -0.15) is 0 Å². The van der Waals surface area contributed by atoms with Crippen molar-refractivity contribution in [2.75, 3.05) is 20.3 Å². The number of carbonyl (C=O) groups is 2. The van der Waals surface area contributed by atoms with E-state index in [2.05, 4.69) is 26.0 Å². The molecule has 0 saturated carbocycles. The molecule has 0 unspecified atom stereocenters. The average molecular weight is 330 g/mol. The zero-order valence-electron chi connectivity index (χ0n) is 10.9. The van der Waals surface area contributed by atoms with Crippen LogP contribution < -0.4 is 10.1 Å². The molecule has 0 spiro atoms. The summed E-state index contributed by atoms with van der Waals surface area (Å²) in [7, 11) is 1.60. The number of rotatable bonds is 5. The maximum Gasteiger partial charge on any atom is 0.396 e. The average Bonchev–Trinajstić information content (AvgIpc) is 2.39. The van der Waals surface area contributed by atoms with E-state index in [9.17, 15) is 9.59 Å². The summed E-state index contributed by atoms with van der Waals surface area (Å²) in [5.74, 6) is -0.813. The van der Waals surface area contributed by atoms with Crippen molar-refractivity contribution in [2.24, 2.45) is 0 Å². The minimum Gasteiger partial charge on any atom is -0.496 e. The molecule has 1 aromatic rings. The van der Waals surface area contributed by atoms with Gasteiger partial charge in [-0.25, -0.2) is 4.79 Å². The molecule has 0 bridgehead atoms. The van der Waals surface area contributed by atoms with Crippen LogP contribution >= 0.6 is 15.9 Å². The van der Waals surface area contributed by atoms with Gasteiger partial charge in [0.05, 0.1) is 18.2 Å². The molecular weight excluding hydrogens is 314 g/mol. The summed E-state index contributed by atoms with van der Waals surface area (Å²) < 4.78 is 10.6. The molecule has 6 heteroatoms. The van der Waals surface area contributed by atoms with Gasteiger partial charge in [0, 0.05) is 6.54 Å². The number of benzene rings is 1. The van der Waals surface area contributed by atoms with Crippen molar-refractivity contribution in [3.63, 3.8) is 0 Å². The highest BCUT2D eigenvalue weighted by molar-refractivity contribution is 9.10. The molecule has 0 fully saturated rings. The zero-order valence-corrected chi connectivity index (χ0v) is 12.5. The Morgan fingerprint density at radius 3 is 2.68 bits per heavy atom. The van der Waals surface area contributed by atoms with Crippen LogP contribution in [0.1, 0.15) is 12.5 Å². The lowest BCUT2D eigenvalue weighted by Crippen LogP contribution is -2.33. The van der Waals surface area contributed by atoms with Crippen molar-refractivity contribution >= 4 is 27.8 Å². The van der Waals surface area contributed by atoms with Gasteiger partial charge >= 0.3 is 11.9 Å². The minimum atomic E-state index is -0.849. The minimum absolute atomic E-state index is 0.192. The molecule has 0 saturated heterocycles. The Labute approximate surface area is 120 Å². The lowest BCUT2D eigenvalue weighted by molar-refractivity contribution is -0.154. The molecular formula is C13H16BrNO4. The largest absolute Gasteiger partial charge is 0.496 e. The van der Waals surface area contributed by atoms with Crippen molar-refractivity contribution in [1.29, 1.82) is 0 Å². The van der Waals surface area contributed by atoms with Gasteiger partial charge < -0.3 is 14.8 Å². The Morgan fingerprint density at radius 1 is 1.37 bits per heavy atom. The molecule has 1 N–H and O–H groups in total. The van der Waals surface area contributed by atoms with Gasteiger partial charge in [-0.15, -0.1) is 0 Å². The third-order valence-electron chi connectivity index (χ3n) is 2.38. The SMILES string of the molecule is CCOC(=O)C(=O)NCCc1ccc(OC)c(Br)c1. The van der Waals surface area contributed by atoms with Crippen molar-refractivity contribution < 1.29 is 19.1 Å². The smallest absolute Gasteiger partial charge is 0.396 e. The van der Waals surface area contributed by atoms with E-state index in [4.69, 9.17) is 4.74 Å². The van der Waals surface area contributed by atoms with E-state index >= 15 is 0 Å². The highest BCUT2D eigenvalue weighted by Crippen LogP contribution is 2.25. The molecule has 1 amide bonds. The normalized spacial score (nSPS) is 9.84. The Kier molecular flexibility index (Phi) is 6.35. The summed E-state index contributed by atoms with van der Waals surface area (Å²) in [6.45, 7) is 2.22. The second kappa shape index (κ2) is 7.78. The summed E-state index contributed by atoms with van der Waals surface area (Å²) in [6, 6.07) is 5.65. The predicted octanol–water partition coefficient (Wildman–Crippen LogP) is 1.68. The van der Waals surface area contributed by atoms with E-state index in [0.717, 1.165) is 15.8 Å². The van der Waals surface area contributed by atoms with Crippen molar-refractivity contribution in [3.05, 3.63) is 28.2 Å². The first-order valence-electron chi connectivity index (χ1n) is 5.85. The molecule has 0 aliphatic rings. The quantitative estimate of drug-likeness (QED) is 0.659. The van der Waals surface area contributed by atoms with E-state index in [0.29, 0.717) is 13.0 Å². The van der Waals surface area contributed by atoms with Crippen molar-refractivity contribution in [1.82, 2.24) is 5.32 Å². The first-order valence-corrected chi connectivity index (χ1v) is 6.65. The second-order valence-electron chi connectivity index (χ2n) is 3.70. The van der Waals surface area contributed by atoms with Crippen LogP contribution in [0.3, 0.4) is 0 Å². The van der Waals surface area contributed by atoms with Gasteiger partial charge in [0.1, 0.15) is 5.75 Å². The second-order valence-corrected chi connectivity index (χ2v) is 4.55. The summed E-state index contributed by atoms with van der Waals surface area (Å²) in [6.07, 6.45) is 0.619. The molecule has 0 aliphatic carbocycles. The van der Waals surface area contributed by atoms with Crippen LogP contribution in [0.2, 0.25) is 0 Å². The van der Waals surface area contributed by atoms with Crippen LogP contribution in [-0.4, -0.2) is 32.1 Å². The number of nitrogens with one attached hydrogen (secondary N) is 1. The number of hydrogen-bond donors (Lipinski definition) is 1. The Morgan fingerprint density at radius 2 is 2.11 bits per heavy atom. The van der Waals surface area contributed by atoms with Crippen LogP contribution in [0, 0.1) is 0 Å². The molecule has 0 heterocycles. The Bertz CT molecular complexity index is 462. The highest BCUT2D eigenvalue weighted by atomic mass is 79.9. The number of ether oxygens (including phenoxy) is 2. The lowest BCUT2D eigenvalue weighted by Gasteiger charge is -2.07. The molecule has 0 radical (unpaired) electrons. The topological polar surface area (TPSA) is 64.6 Å². The third-order valence-corrected chi connectivity index (χ3v) is 3.00. The fourth-order valence-corrected chi connectivity index (χ4v) is 2.04. The number of methoxy groups -OCH3 is 1. The van der Waals surface area contributed by atoms with Gasteiger partial charge in [0.25, 0.3) is 0 Å². The number of esters is 1. The number of halogens is 1. The molecule has 19 heavy (non-hydrogen) atoms. The van der Waals surface area contributed by atoms with Crippen LogP contribution in [-0.2, 0) is 20.7 Å². The predicted molar refractivity (Wildman–Crippen MR) is 74.0 cm³/mol. The molecule has 0 atom stereocenters. The molecule has 0 aromatic heterocycles. The zero-order chi connectivity index (χ0) is 14.3. The monoisotopic (exact) mass is 329 g/mol. The van der Waals surface area contributed by atoms with Gasteiger partial charge in [-0.3, -0.25) is 4.79 Å². The fourth-order valence-electron chi connectivity index (χ4n) is 1.45. The third kappa shape index (κ3) is 4.90. The van der Waals surface area contributed by atoms with E-state index in [-0.39, 0.29) is 6.61 Å². The van der Waals surface area contributed by atoms with Gasteiger partial charge in [0.15, 0.2) is 0 Å². The molecule has 5 nitrogen and oxygen atoms in total. The Balaban J connectivity index is 2.43. The first-order chi connectivity index (χ1) is 9.08. The van der Waals surface area contributed by atoms with Crippen LogP contribution in [0.5, 0.6) is 5.75 Å². The first kappa shape index (κ1) is 15.5. The number of hydrogen-bond acceptors (Lipinski definition) is 4. The van der Waals surface area contributed by atoms with E-state index in [1.54, 1.807) is 14.0 Å². The summed E-state index contributed by atoms with van der Waals surface area (Å²) >= 11 is 3.39. The van der Waals surface area contributed by atoms with Crippen LogP contribution in [0.25, 0.3) is 0 Å². The van der Waals surface area contributed by atoms with Crippen molar-refractivity contribution in [3.8, 4) is 5.75 Å². The van der Waals surface area contributed by atoms with E-state index in [1.165, 1.54) is 0 Å². The number of amides is 1. The molecule has 0 aliphatic heterocycles. The molecule has 1 aromatic carbocycles. The summed E-state index contributed by atoms with van der Waals surface area (Å²) in [4.78, 5) is 22.3. The lowest BCUT2D eigenvalue weighted by atomic mass is 10.1. The standard InChI is InChI=1S/C13H16BrNO4/c1-3-19-13(17)12(16)15-7-6-9-4-5-11(18-2)10(14)8-9/h4-5,8H,3,6-7H2,1-2H3,(H,15,16). The van der Waals surface area contributed by atoms with Gasteiger partial charge in [0.2, 0.25) is 0 Å². The van der Waals surface area contributed by atoms with E-state index < -0.39 is 11.9 Å². The maximum absolute atomic E-state index is 11.3. The Hall–Kier alpha value is -1.56. The maximum atomic E-state index is 11.3. The van der Waals surface area contributed by atoms with Crippen molar-refractivity contribution in [2.45, 2.75) is 13.3 Å². The highest BCUT2D eigenvalue weighted by Gasteiger charge is 2.13. The summed E-state index contributed by atoms with van der Waals surface area (Å²) in [5, 5.41) is 2.50.